The molecule has 0 saturated heterocycles. The molecule has 41 heavy (non-hydrogen) atoms. The predicted molar refractivity (Wildman–Crippen MR) is 137 cm³/mol. The summed E-state index contributed by atoms with van der Waals surface area (Å²) in [5.74, 6) is -0.663. The molecule has 1 atom stereocenters. The monoisotopic (exact) mass is 596 g/mol. The Morgan fingerprint density at radius 3 is 2.27 bits per heavy atom. The van der Waals surface area contributed by atoms with Crippen molar-refractivity contribution in [3.8, 4) is 17.0 Å². The highest BCUT2D eigenvalue weighted by Gasteiger charge is 2.64. The Bertz CT molecular complexity index is 1630. The summed E-state index contributed by atoms with van der Waals surface area (Å²) >= 11 is -2.40. The molecule has 4 aromatic rings. The summed E-state index contributed by atoms with van der Waals surface area (Å²) in [5, 5.41) is 5.36. The summed E-state index contributed by atoms with van der Waals surface area (Å²) < 4.78 is 109. The van der Waals surface area contributed by atoms with E-state index in [-0.39, 0.29) is 64.1 Å². The zero-order valence-corrected chi connectivity index (χ0v) is 21.9. The molecular weight excluding hydrogens is 576 g/mol. The number of hydrogen-bond donors (Lipinski definition) is 2. The SMILES string of the molecule is COc1ccc(-c2ccc3nc(NCc4ccc(S(=O)[O-])cc4)nc(NC4(C(F)(F)F)CC4)c3n2)cc1C(F)(F)F. The first-order chi connectivity index (χ1) is 19.3. The summed E-state index contributed by atoms with van der Waals surface area (Å²) in [6.07, 6.45) is -9.68. The standard InChI is InChI=1S/C26H21F6N5O3S/c1-40-20-9-4-15(12-17(20)25(27,28)29)18-7-8-19-21(34-18)22(37-24(10-11-24)26(30,31)32)36-23(35-19)33-13-14-2-5-16(6-3-14)41(38)39/h2-9,12H,10-11,13H2,1H3,(H,38,39)(H2,33,35,36,37)/p-1. The molecule has 1 saturated carbocycles. The van der Waals surface area contributed by atoms with E-state index in [2.05, 4.69) is 25.6 Å². The lowest BCUT2D eigenvalue weighted by atomic mass is 10.1. The minimum Gasteiger partial charge on any atom is -0.768 e. The van der Waals surface area contributed by atoms with Crippen molar-refractivity contribution >= 4 is 33.9 Å². The van der Waals surface area contributed by atoms with Gasteiger partial charge in [-0.1, -0.05) is 12.1 Å². The van der Waals surface area contributed by atoms with Gasteiger partial charge >= 0.3 is 12.4 Å². The molecule has 0 bridgehead atoms. The summed E-state index contributed by atoms with van der Waals surface area (Å²) in [7, 11) is 1.11. The maximum atomic E-state index is 13.8. The number of rotatable bonds is 8. The summed E-state index contributed by atoms with van der Waals surface area (Å²) in [6.45, 7) is 0.124. The second-order valence-corrected chi connectivity index (χ2v) is 10.3. The molecule has 2 aromatic carbocycles. The second kappa shape index (κ2) is 10.4. The van der Waals surface area contributed by atoms with Crippen molar-refractivity contribution in [3.05, 3.63) is 65.7 Å². The number of fused-ring (bicyclic) bond motifs is 1. The summed E-state index contributed by atoms with van der Waals surface area (Å²) in [4.78, 5) is 13.0. The predicted octanol–water partition coefficient (Wildman–Crippen LogP) is 6.08. The van der Waals surface area contributed by atoms with Gasteiger partial charge in [0.15, 0.2) is 5.82 Å². The minimum absolute atomic E-state index is 0.0344. The molecule has 0 amide bonds. The molecule has 1 aliphatic carbocycles. The largest absolute Gasteiger partial charge is 0.768 e. The lowest BCUT2D eigenvalue weighted by molar-refractivity contribution is -0.151. The highest BCUT2D eigenvalue weighted by atomic mass is 32.2. The van der Waals surface area contributed by atoms with Gasteiger partial charge in [-0.05, 0) is 72.0 Å². The molecule has 1 aliphatic rings. The number of hydrogen-bond acceptors (Lipinski definition) is 8. The Morgan fingerprint density at radius 2 is 1.68 bits per heavy atom. The Balaban J connectivity index is 1.54. The number of pyridine rings is 1. The first-order valence-electron chi connectivity index (χ1n) is 12.0. The summed E-state index contributed by atoms with van der Waals surface area (Å²) in [6, 6.07) is 12.1. The molecule has 1 fully saturated rings. The smallest absolute Gasteiger partial charge is 0.419 e. The average molecular weight is 597 g/mol. The number of halogens is 6. The number of benzene rings is 2. The summed E-state index contributed by atoms with van der Waals surface area (Å²) in [5.41, 5.74) is -2.38. The topological polar surface area (TPSA) is 112 Å². The minimum atomic E-state index is -4.72. The van der Waals surface area contributed by atoms with E-state index in [1.807, 2.05) is 0 Å². The van der Waals surface area contributed by atoms with Gasteiger partial charge in [-0.3, -0.25) is 4.21 Å². The maximum Gasteiger partial charge on any atom is 0.419 e. The number of nitrogens with zero attached hydrogens (tertiary/aromatic N) is 3. The van der Waals surface area contributed by atoms with Gasteiger partial charge in [0.2, 0.25) is 5.95 Å². The van der Waals surface area contributed by atoms with Gasteiger partial charge in [0, 0.05) is 17.0 Å². The van der Waals surface area contributed by atoms with Crippen molar-refractivity contribution in [3.63, 3.8) is 0 Å². The van der Waals surface area contributed by atoms with Crippen LogP contribution in [0.1, 0.15) is 24.0 Å². The van der Waals surface area contributed by atoms with Gasteiger partial charge in [0.25, 0.3) is 0 Å². The van der Waals surface area contributed by atoms with E-state index < -0.39 is 34.5 Å². The number of anilines is 2. The van der Waals surface area contributed by atoms with Crippen LogP contribution in [-0.4, -0.2) is 42.5 Å². The zero-order valence-electron chi connectivity index (χ0n) is 21.1. The Hall–Kier alpha value is -3.98. The fourth-order valence-electron chi connectivity index (χ4n) is 4.16. The van der Waals surface area contributed by atoms with Crippen LogP contribution in [0, 0.1) is 0 Å². The molecular formula is C26H20F6N5O3S-. The Labute approximate surface area is 231 Å². The van der Waals surface area contributed by atoms with Crippen LogP contribution < -0.4 is 15.4 Å². The molecule has 216 valence electrons. The molecule has 5 rings (SSSR count). The van der Waals surface area contributed by atoms with Gasteiger partial charge in [0.1, 0.15) is 16.8 Å². The Morgan fingerprint density at radius 1 is 0.976 bits per heavy atom. The van der Waals surface area contributed by atoms with Gasteiger partial charge in [-0.25, -0.2) is 9.97 Å². The van der Waals surface area contributed by atoms with Crippen LogP contribution in [0.2, 0.25) is 0 Å². The molecule has 1 unspecified atom stereocenters. The van der Waals surface area contributed by atoms with Crippen LogP contribution in [0.15, 0.2) is 59.5 Å². The molecule has 0 spiro atoms. The van der Waals surface area contributed by atoms with Gasteiger partial charge < -0.3 is 19.9 Å². The van der Waals surface area contributed by atoms with Gasteiger partial charge in [-0.2, -0.15) is 31.3 Å². The van der Waals surface area contributed by atoms with Crippen LogP contribution in [0.5, 0.6) is 5.75 Å². The second-order valence-electron chi connectivity index (χ2n) is 9.31. The van der Waals surface area contributed by atoms with Crippen LogP contribution in [0.25, 0.3) is 22.3 Å². The van der Waals surface area contributed by atoms with Crippen molar-refractivity contribution in [1.29, 1.82) is 0 Å². The third kappa shape index (κ3) is 5.91. The zero-order chi connectivity index (χ0) is 29.6. The first kappa shape index (κ1) is 28.5. The average Bonchev–Trinajstić information content (AvgIpc) is 3.72. The van der Waals surface area contributed by atoms with Crippen molar-refractivity contribution < 1.29 is 39.8 Å². The number of methoxy groups -OCH3 is 1. The highest BCUT2D eigenvalue weighted by molar-refractivity contribution is 7.79. The molecule has 15 heteroatoms. The van der Waals surface area contributed by atoms with Gasteiger partial charge in [0.05, 0.1) is 23.9 Å². The van der Waals surface area contributed by atoms with Crippen LogP contribution >= 0.6 is 0 Å². The van der Waals surface area contributed by atoms with E-state index in [9.17, 15) is 35.1 Å². The quantitative estimate of drug-likeness (QED) is 0.186. The van der Waals surface area contributed by atoms with E-state index in [4.69, 9.17) is 4.74 Å². The number of alkyl halides is 6. The van der Waals surface area contributed by atoms with E-state index >= 15 is 0 Å². The Kier molecular flexibility index (Phi) is 7.27. The maximum absolute atomic E-state index is 13.8. The lowest BCUT2D eigenvalue weighted by Crippen LogP contribution is -2.39. The highest BCUT2D eigenvalue weighted by Crippen LogP contribution is 2.51. The van der Waals surface area contributed by atoms with Crippen LogP contribution in [0.3, 0.4) is 0 Å². The van der Waals surface area contributed by atoms with E-state index in [0.717, 1.165) is 19.2 Å². The van der Waals surface area contributed by atoms with Gasteiger partial charge in [-0.15, -0.1) is 0 Å². The first-order valence-corrected chi connectivity index (χ1v) is 13.1. The normalized spacial score (nSPS) is 15.4. The van der Waals surface area contributed by atoms with Crippen molar-refractivity contribution in [1.82, 2.24) is 15.0 Å². The molecule has 2 heterocycles. The molecule has 2 aromatic heterocycles. The van der Waals surface area contributed by atoms with E-state index in [0.29, 0.717) is 5.56 Å². The molecule has 0 radical (unpaired) electrons. The number of aromatic nitrogens is 3. The van der Waals surface area contributed by atoms with Crippen LogP contribution in [0.4, 0.5) is 38.1 Å². The van der Waals surface area contributed by atoms with Crippen molar-refractivity contribution in [2.45, 2.75) is 42.2 Å². The fourth-order valence-corrected chi connectivity index (χ4v) is 4.52. The van der Waals surface area contributed by atoms with Crippen LogP contribution in [-0.2, 0) is 23.8 Å². The van der Waals surface area contributed by atoms with Crippen molar-refractivity contribution in [2.75, 3.05) is 17.7 Å². The van der Waals surface area contributed by atoms with Crippen molar-refractivity contribution in [2.24, 2.45) is 0 Å². The fraction of sp³-hybridized carbons (Fsp3) is 0.269. The third-order valence-electron chi connectivity index (χ3n) is 6.56. The number of ether oxygens (including phenoxy) is 1. The molecule has 8 nitrogen and oxygen atoms in total. The molecule has 2 N–H and O–H groups in total. The molecule has 0 aliphatic heterocycles. The van der Waals surface area contributed by atoms with E-state index in [1.54, 1.807) is 12.1 Å². The van der Waals surface area contributed by atoms with E-state index in [1.165, 1.54) is 30.3 Å². The number of nitrogens with one attached hydrogen (secondary N) is 2. The third-order valence-corrected chi connectivity index (χ3v) is 7.22. The lowest BCUT2D eigenvalue weighted by Gasteiger charge is -2.22.